The van der Waals surface area contributed by atoms with Gasteiger partial charge in [0.25, 0.3) is 0 Å². The minimum atomic E-state index is 0.267. The van der Waals surface area contributed by atoms with Crippen molar-refractivity contribution >= 4 is 23.8 Å². The highest BCUT2D eigenvalue weighted by molar-refractivity contribution is 7.77. The molecule has 1 saturated heterocycles. The van der Waals surface area contributed by atoms with Crippen molar-refractivity contribution in [1.82, 2.24) is 9.80 Å². The van der Waals surface area contributed by atoms with E-state index in [2.05, 4.69) is 62.5 Å². The number of likely N-dealkylation sites (tertiary alicyclic amines) is 1. The predicted molar refractivity (Wildman–Crippen MR) is 114 cm³/mol. The first-order valence-electron chi connectivity index (χ1n) is 9.51. The van der Waals surface area contributed by atoms with Crippen molar-refractivity contribution in [3.05, 3.63) is 28.8 Å². The second kappa shape index (κ2) is 9.97. The monoisotopic (exact) mass is 377 g/mol. The zero-order chi connectivity index (χ0) is 19.1. The number of benzene rings is 1. The van der Waals surface area contributed by atoms with Crippen LogP contribution in [0.3, 0.4) is 0 Å². The average molecular weight is 378 g/mol. The first-order chi connectivity index (χ1) is 12.4. The van der Waals surface area contributed by atoms with Crippen LogP contribution in [0.4, 0.5) is 0 Å². The highest BCUT2D eigenvalue weighted by Crippen LogP contribution is 2.24. The Kier molecular flexibility index (Phi) is 7.97. The molecule has 1 aliphatic rings. The van der Waals surface area contributed by atoms with E-state index in [-0.39, 0.29) is 5.96 Å². The van der Waals surface area contributed by atoms with E-state index in [1.54, 1.807) is 0 Å². The molecule has 0 spiro atoms. The van der Waals surface area contributed by atoms with E-state index < -0.39 is 0 Å². The number of hydrogen-bond donors (Lipinski definition) is 1. The van der Waals surface area contributed by atoms with Gasteiger partial charge in [-0.05, 0) is 75.9 Å². The summed E-state index contributed by atoms with van der Waals surface area (Å²) in [5, 5.41) is 8.48. The third-order valence-electron chi connectivity index (χ3n) is 5.01. The van der Waals surface area contributed by atoms with Crippen LogP contribution in [0.1, 0.15) is 42.9 Å². The summed E-state index contributed by atoms with van der Waals surface area (Å²) in [6, 6.07) is 4.26. The van der Waals surface area contributed by atoms with Crippen molar-refractivity contribution in [1.29, 1.82) is 5.41 Å². The molecule has 2 rings (SSSR count). The summed E-state index contributed by atoms with van der Waals surface area (Å²) in [5.74, 6) is 1.05. The van der Waals surface area contributed by atoms with Crippen LogP contribution in [0, 0.1) is 19.3 Å². The smallest absolute Gasteiger partial charge is 0.402 e. The molecule has 0 saturated carbocycles. The van der Waals surface area contributed by atoms with Gasteiger partial charge in [0, 0.05) is 19.6 Å². The summed E-state index contributed by atoms with van der Waals surface area (Å²) in [4.78, 5) is 8.58. The molecule has 0 aromatic heterocycles. The SMILES string of the molecule is CCN(C)CCc1cc(C)c(O/C([SH2+])=N/C(=N)N2CCCCC2)cc1C. The van der Waals surface area contributed by atoms with Gasteiger partial charge in [0.05, 0.1) is 12.6 Å². The maximum atomic E-state index is 8.15. The van der Waals surface area contributed by atoms with Gasteiger partial charge in [-0.1, -0.05) is 13.0 Å². The first kappa shape index (κ1) is 20.8. The predicted octanol–water partition coefficient (Wildman–Crippen LogP) is 2.96. The summed E-state index contributed by atoms with van der Waals surface area (Å²) in [6.07, 6.45) is 4.53. The number of aryl methyl sites for hydroxylation is 2. The van der Waals surface area contributed by atoms with Crippen molar-refractivity contribution in [2.75, 3.05) is 33.2 Å². The standard InChI is InChI=1S/C20H32N4OS/c1-5-23(4)12-9-17-13-16(3)18(14-15(17)2)25-20(26)22-19(21)24-10-7-6-8-11-24/h13-14H,5-12H2,1-4H3,(H2,21,22,26)/p+1. The lowest BCUT2D eigenvalue weighted by Gasteiger charge is -2.26. The van der Waals surface area contributed by atoms with Crippen molar-refractivity contribution in [2.45, 2.75) is 46.5 Å². The lowest BCUT2D eigenvalue weighted by Crippen LogP contribution is -2.34. The molecule has 1 aromatic carbocycles. The van der Waals surface area contributed by atoms with Crippen LogP contribution in [0.5, 0.6) is 5.75 Å². The Bertz CT molecular complexity index is 653. The summed E-state index contributed by atoms with van der Waals surface area (Å²) in [5.41, 5.74) is 3.66. The van der Waals surface area contributed by atoms with E-state index in [4.69, 9.17) is 10.1 Å². The molecule has 0 amide bonds. The van der Waals surface area contributed by atoms with Crippen molar-refractivity contribution in [2.24, 2.45) is 4.99 Å². The van der Waals surface area contributed by atoms with Crippen LogP contribution in [0.25, 0.3) is 0 Å². The largest absolute Gasteiger partial charge is 0.416 e. The lowest BCUT2D eigenvalue weighted by molar-refractivity contribution is 0.337. The fourth-order valence-electron chi connectivity index (χ4n) is 3.10. The Balaban J connectivity index is 2.02. The third-order valence-corrected chi connectivity index (χ3v) is 5.22. The second-order valence-corrected chi connectivity index (χ2v) is 7.51. The number of guanidine groups is 1. The van der Waals surface area contributed by atoms with E-state index in [0.29, 0.717) is 5.23 Å². The van der Waals surface area contributed by atoms with Crippen LogP contribution in [0.15, 0.2) is 17.1 Å². The summed E-state index contributed by atoms with van der Waals surface area (Å²) in [7, 11) is 2.14. The highest BCUT2D eigenvalue weighted by atomic mass is 32.1. The quantitative estimate of drug-likeness (QED) is 0.488. The number of aliphatic imine (C=N–C) groups is 1. The van der Waals surface area contributed by atoms with E-state index in [1.165, 1.54) is 17.5 Å². The Morgan fingerprint density at radius 3 is 2.58 bits per heavy atom. The molecule has 0 bridgehead atoms. The van der Waals surface area contributed by atoms with Gasteiger partial charge in [-0.3, -0.25) is 5.41 Å². The van der Waals surface area contributed by atoms with Crippen LogP contribution < -0.4 is 4.74 Å². The van der Waals surface area contributed by atoms with Gasteiger partial charge in [0.2, 0.25) is 5.96 Å². The molecule has 5 nitrogen and oxygen atoms in total. The number of piperidine rings is 1. The highest BCUT2D eigenvalue weighted by Gasteiger charge is 2.16. The molecule has 26 heavy (non-hydrogen) atoms. The fraction of sp³-hybridized carbons (Fsp3) is 0.600. The molecule has 1 heterocycles. The van der Waals surface area contributed by atoms with Gasteiger partial charge in [-0.15, -0.1) is 4.99 Å². The van der Waals surface area contributed by atoms with Gasteiger partial charge >= 0.3 is 5.23 Å². The van der Waals surface area contributed by atoms with Crippen LogP contribution >= 0.6 is 0 Å². The molecule has 1 aromatic rings. The van der Waals surface area contributed by atoms with Gasteiger partial charge in [0.1, 0.15) is 5.75 Å². The summed E-state index contributed by atoms with van der Waals surface area (Å²) < 4.78 is 5.87. The van der Waals surface area contributed by atoms with E-state index >= 15 is 0 Å². The number of likely N-dealkylation sites (N-methyl/N-ethyl adjacent to an activating group) is 1. The van der Waals surface area contributed by atoms with Crippen LogP contribution in [-0.2, 0) is 19.0 Å². The van der Waals surface area contributed by atoms with Crippen LogP contribution in [-0.4, -0.2) is 54.2 Å². The average Bonchev–Trinajstić information content (AvgIpc) is 2.63. The summed E-state index contributed by atoms with van der Waals surface area (Å²) in [6.45, 7) is 10.3. The molecule has 1 N–H and O–H groups in total. The minimum Gasteiger partial charge on any atom is -0.402 e. The van der Waals surface area contributed by atoms with Gasteiger partial charge in [0.15, 0.2) is 0 Å². The molecule has 6 heteroatoms. The minimum absolute atomic E-state index is 0.267. The molecule has 0 unspecified atom stereocenters. The normalized spacial score (nSPS) is 15.5. The summed E-state index contributed by atoms with van der Waals surface area (Å²) >= 11 is 3.43. The van der Waals surface area contributed by atoms with Gasteiger partial charge in [-0.2, -0.15) is 0 Å². The molecular weight excluding hydrogens is 344 g/mol. The Morgan fingerprint density at radius 1 is 1.23 bits per heavy atom. The molecule has 0 radical (unpaired) electrons. The molecule has 1 fully saturated rings. The fourth-order valence-corrected chi connectivity index (χ4v) is 3.31. The number of hydrogen-bond acceptors (Lipinski definition) is 3. The zero-order valence-corrected chi connectivity index (χ0v) is 17.6. The van der Waals surface area contributed by atoms with E-state index in [0.717, 1.165) is 56.8 Å². The third kappa shape index (κ3) is 6.02. The molecule has 0 atom stereocenters. The maximum Gasteiger partial charge on any atom is 0.416 e. The molecule has 1 aliphatic heterocycles. The van der Waals surface area contributed by atoms with Gasteiger partial charge < -0.3 is 14.5 Å². The molecule has 0 aliphatic carbocycles. The molecular formula is C20H33N4OS+. The molecule has 144 valence electrons. The lowest BCUT2D eigenvalue weighted by atomic mass is 10.0. The second-order valence-electron chi connectivity index (χ2n) is 7.08. The number of ether oxygens (including phenoxy) is 1. The zero-order valence-electron chi connectivity index (χ0n) is 16.6. The number of nitrogens with zero attached hydrogens (tertiary/aromatic N) is 3. The Labute approximate surface area is 163 Å². The van der Waals surface area contributed by atoms with Crippen molar-refractivity contribution in [3.63, 3.8) is 0 Å². The Morgan fingerprint density at radius 2 is 1.92 bits per heavy atom. The van der Waals surface area contributed by atoms with Gasteiger partial charge in [-0.25, -0.2) is 0 Å². The number of nitrogens with one attached hydrogen (secondary N) is 1. The van der Waals surface area contributed by atoms with E-state index in [9.17, 15) is 0 Å². The maximum absolute atomic E-state index is 8.15. The Hall–Kier alpha value is -1.53. The van der Waals surface area contributed by atoms with Crippen LogP contribution in [0.2, 0.25) is 0 Å². The van der Waals surface area contributed by atoms with E-state index in [1.807, 2.05) is 4.90 Å². The first-order valence-corrected chi connectivity index (χ1v) is 10.0. The van der Waals surface area contributed by atoms with Crippen molar-refractivity contribution < 1.29 is 4.74 Å². The number of rotatable bonds is 5. The van der Waals surface area contributed by atoms with Crippen molar-refractivity contribution in [3.8, 4) is 5.75 Å². The topological polar surface area (TPSA) is 51.9 Å².